The predicted molar refractivity (Wildman–Crippen MR) is 148 cm³/mol. The van der Waals surface area contributed by atoms with Gasteiger partial charge in [0.2, 0.25) is 0 Å². The molecule has 0 unspecified atom stereocenters. The van der Waals surface area contributed by atoms with Crippen molar-refractivity contribution in [1.82, 2.24) is 0 Å². The van der Waals surface area contributed by atoms with Crippen molar-refractivity contribution in [2.24, 2.45) is 0 Å². The second-order valence-electron chi connectivity index (χ2n) is 6.61. The Morgan fingerprint density at radius 1 is 0.788 bits per heavy atom. The molecule has 0 spiro atoms. The summed E-state index contributed by atoms with van der Waals surface area (Å²) in [6.45, 7) is 0. The molecule has 2 nitrogen and oxygen atoms in total. The third kappa shape index (κ3) is 6.09. The van der Waals surface area contributed by atoms with Crippen LogP contribution in [-0.4, -0.2) is 5.11 Å². The van der Waals surface area contributed by atoms with Crippen molar-refractivity contribution >= 4 is 96.8 Å². The van der Waals surface area contributed by atoms with E-state index in [1.165, 1.54) is 18.2 Å². The van der Waals surface area contributed by atoms with Gasteiger partial charge in [-0.15, -0.1) is 0 Å². The quantitative estimate of drug-likeness (QED) is 0.184. The zero-order chi connectivity index (χ0) is 22.1. The molecule has 0 saturated heterocycles. The molecule has 1 heterocycles. The van der Waals surface area contributed by atoms with Crippen LogP contribution in [-0.2, 0) is 0 Å². The maximum Gasteiger partial charge on any atom is 0.136 e. The maximum absolute atomic E-state index is 13.7. The largest absolute Gasteiger partial charge is 3.00 e. The van der Waals surface area contributed by atoms with Crippen LogP contribution in [0.3, 0.4) is 0 Å². The summed E-state index contributed by atoms with van der Waals surface area (Å²) in [7, 11) is 0. The summed E-state index contributed by atoms with van der Waals surface area (Å²) in [4.78, 5) is 0. The lowest BCUT2D eigenvalue weighted by Gasteiger charge is -3.00. The minimum absolute atomic E-state index is 0. The lowest BCUT2D eigenvalue weighted by atomic mass is 10.0. The van der Waals surface area contributed by atoms with Crippen molar-refractivity contribution in [1.29, 1.82) is 0 Å². The number of furan rings is 1. The number of hydrogen-bond acceptors (Lipinski definition) is 2. The molecule has 172 valence electrons. The summed E-state index contributed by atoms with van der Waals surface area (Å²) in [5.41, 5.74) is 2.42. The number of rotatable bonds is 1. The molecule has 5 aromatic rings. The van der Waals surface area contributed by atoms with Gasteiger partial charge in [-0.05, 0) is 60.7 Å². The van der Waals surface area contributed by atoms with Crippen molar-refractivity contribution in [3.8, 4) is 16.9 Å². The first-order valence-electron chi connectivity index (χ1n) is 9.04. The van der Waals surface area contributed by atoms with Crippen LogP contribution in [0.2, 0.25) is 10.0 Å². The topological polar surface area (TPSA) is 33.4 Å². The van der Waals surface area contributed by atoms with E-state index in [1.807, 2.05) is 36.4 Å². The third-order valence-corrected chi connectivity index (χ3v) is 6.39. The van der Waals surface area contributed by atoms with E-state index >= 15 is 0 Å². The van der Waals surface area contributed by atoms with Gasteiger partial charge in [-0.3, -0.25) is 0 Å². The lowest BCUT2D eigenvalue weighted by Crippen LogP contribution is -1.86. The molecule has 0 fully saturated rings. The molecular formula is C24H14Br2Cl2FO2P2-5. The fraction of sp³-hybridized carbons (Fsp3) is 0. The Kier molecular flexibility index (Phi) is 10.2. The van der Waals surface area contributed by atoms with E-state index in [4.69, 9.17) is 27.6 Å². The molecule has 0 saturated carbocycles. The number of phenols is 1. The van der Waals surface area contributed by atoms with Crippen LogP contribution in [0.15, 0.2) is 86.2 Å². The molecule has 1 aromatic heterocycles. The molecule has 0 aliphatic carbocycles. The molecule has 0 aliphatic rings. The normalized spacial score (nSPS) is 10.2. The van der Waals surface area contributed by atoms with E-state index < -0.39 is 5.82 Å². The molecular weight excluding hydrogens is 632 g/mol. The monoisotopic (exact) mass is 643 g/mol. The van der Waals surface area contributed by atoms with Gasteiger partial charge in [-0.2, -0.15) is 0 Å². The molecule has 0 bridgehead atoms. The van der Waals surface area contributed by atoms with Crippen LogP contribution in [0.25, 0.3) is 33.1 Å². The second-order valence-corrected chi connectivity index (χ2v) is 9.20. The van der Waals surface area contributed by atoms with Crippen LogP contribution < -0.4 is 0 Å². The summed E-state index contributed by atoms with van der Waals surface area (Å²) >= 11 is 18.6. The van der Waals surface area contributed by atoms with Crippen LogP contribution in [0.1, 0.15) is 0 Å². The van der Waals surface area contributed by atoms with E-state index in [9.17, 15) is 9.50 Å². The van der Waals surface area contributed by atoms with Crippen LogP contribution in [0.5, 0.6) is 5.75 Å². The van der Waals surface area contributed by atoms with Gasteiger partial charge in [0.05, 0.1) is 0 Å². The fourth-order valence-electron chi connectivity index (χ4n) is 3.22. The number of benzene rings is 4. The maximum atomic E-state index is 13.7. The molecule has 0 aliphatic heterocycles. The average molecular weight is 646 g/mol. The zero-order valence-electron chi connectivity index (χ0n) is 16.6. The Labute approximate surface area is 224 Å². The lowest BCUT2D eigenvalue weighted by molar-refractivity contribution is 0.476. The Morgan fingerprint density at radius 2 is 1.42 bits per heavy atom. The first-order chi connectivity index (χ1) is 14.8. The Morgan fingerprint density at radius 3 is 2.15 bits per heavy atom. The molecule has 9 heteroatoms. The van der Waals surface area contributed by atoms with Crippen LogP contribution in [0.4, 0.5) is 4.39 Å². The van der Waals surface area contributed by atoms with Gasteiger partial charge in [0, 0.05) is 40.9 Å². The summed E-state index contributed by atoms with van der Waals surface area (Å²) in [5.74, 6) is -0.415. The highest BCUT2D eigenvalue weighted by molar-refractivity contribution is 9.11. The highest BCUT2D eigenvalue weighted by atomic mass is 79.9. The van der Waals surface area contributed by atoms with Crippen molar-refractivity contribution < 1.29 is 13.9 Å². The summed E-state index contributed by atoms with van der Waals surface area (Å²) in [5, 5.41) is 13.0. The Hall–Kier alpha value is -1.19. The van der Waals surface area contributed by atoms with Gasteiger partial charge in [-0.1, -0.05) is 67.2 Å². The summed E-state index contributed by atoms with van der Waals surface area (Å²) in [6.07, 6.45) is 0. The van der Waals surface area contributed by atoms with E-state index in [2.05, 4.69) is 31.9 Å². The third-order valence-electron chi connectivity index (χ3n) is 4.60. The van der Waals surface area contributed by atoms with Crippen LogP contribution >= 0.6 is 74.9 Å². The van der Waals surface area contributed by atoms with Gasteiger partial charge in [0.25, 0.3) is 0 Å². The van der Waals surface area contributed by atoms with Gasteiger partial charge < -0.3 is 29.3 Å². The SMILES string of the molecule is Clc1ccc2oc3cccc(Br)c3c2c1.Oc1ccc(Cl)cc1-c1c(F)cccc1Br.[P-3].[PH-2]. The van der Waals surface area contributed by atoms with Gasteiger partial charge in [-0.25, -0.2) is 4.39 Å². The number of phenolic OH excluding ortho intramolecular Hbond substituents is 1. The van der Waals surface area contributed by atoms with Crippen molar-refractivity contribution in [2.75, 3.05) is 0 Å². The van der Waals surface area contributed by atoms with E-state index in [1.54, 1.807) is 18.2 Å². The highest BCUT2D eigenvalue weighted by Gasteiger charge is 2.13. The fourth-order valence-corrected chi connectivity index (χ4v) is 4.68. The number of aromatic hydroxyl groups is 1. The van der Waals surface area contributed by atoms with Gasteiger partial charge in [0.1, 0.15) is 22.7 Å². The number of halogens is 5. The van der Waals surface area contributed by atoms with Crippen molar-refractivity contribution in [3.05, 3.63) is 97.6 Å². The predicted octanol–water partition coefficient (Wildman–Crippen LogP) is 11.1. The molecule has 5 rings (SSSR count). The molecule has 33 heavy (non-hydrogen) atoms. The first kappa shape index (κ1) is 28.1. The Bertz CT molecular complexity index is 1410. The van der Waals surface area contributed by atoms with E-state index in [0.29, 0.717) is 20.6 Å². The number of fused-ring (bicyclic) bond motifs is 3. The van der Waals surface area contributed by atoms with Gasteiger partial charge in [0.15, 0.2) is 0 Å². The average Bonchev–Trinajstić information content (AvgIpc) is 3.10. The van der Waals surface area contributed by atoms with Gasteiger partial charge >= 0.3 is 0 Å². The highest BCUT2D eigenvalue weighted by Crippen LogP contribution is 2.38. The minimum Gasteiger partial charge on any atom is -3.00 e. The number of hydrogen-bond donors (Lipinski definition) is 1. The Balaban J connectivity index is 0.000000220. The molecule has 1 N–H and O–H groups in total. The van der Waals surface area contributed by atoms with Crippen LogP contribution in [0, 0.1) is 5.82 Å². The summed E-state index contributed by atoms with van der Waals surface area (Å²) in [6, 6.07) is 20.7. The summed E-state index contributed by atoms with van der Waals surface area (Å²) < 4.78 is 21.0. The smallest absolute Gasteiger partial charge is 0.136 e. The molecule has 4 aromatic carbocycles. The zero-order valence-corrected chi connectivity index (χ0v) is 23.2. The van der Waals surface area contributed by atoms with E-state index in [0.717, 1.165) is 31.4 Å². The molecule has 0 atom stereocenters. The molecule has 0 amide bonds. The standard InChI is InChI=1S/C12H7BrClFO.C12H6BrClO.HP.P/c13-9-2-1-3-10(15)12(9)8-6-7(14)4-5-11(8)16;13-9-2-1-3-11-12(9)8-6-7(14)4-5-10(8)15-11;;/h1-6,16H;1-6H;1H;/q;;-2;-3. The van der Waals surface area contributed by atoms with Crippen molar-refractivity contribution in [3.63, 3.8) is 0 Å². The second kappa shape index (κ2) is 12.0. The van der Waals surface area contributed by atoms with E-state index in [-0.39, 0.29) is 25.5 Å². The van der Waals surface area contributed by atoms with Crippen molar-refractivity contribution in [2.45, 2.75) is 0 Å². The molecule has 0 radical (unpaired) electrons. The first-order valence-corrected chi connectivity index (χ1v) is 11.4. The minimum atomic E-state index is -0.410.